The van der Waals surface area contributed by atoms with E-state index in [0.29, 0.717) is 19.3 Å². The summed E-state index contributed by atoms with van der Waals surface area (Å²) in [6.45, 7) is 6.52. The molecule has 448 valence electrons. The first-order valence-corrected chi connectivity index (χ1v) is 33.2. The molecule has 78 heavy (non-hydrogen) atoms. The molecule has 0 amide bonds. The molecule has 0 saturated carbocycles. The lowest BCUT2D eigenvalue weighted by molar-refractivity contribution is -0.167. The average Bonchev–Trinajstić information content (AvgIpc) is 3.44. The summed E-state index contributed by atoms with van der Waals surface area (Å²) >= 11 is 0. The SMILES string of the molecule is CC/C=C\C/C=C\C/C=C\C/C=C\C/C=C\C/C=C\CCCCCCCCC(=O)OCC(COC(=O)CCCCCCCCCCCC)OC(=O)CCCCCCCCCCCCCCC/C=C\C/C=C\CCCCCCC. The van der Waals surface area contributed by atoms with Crippen LogP contribution >= 0.6 is 0 Å². The first-order valence-electron chi connectivity index (χ1n) is 33.2. The maximum atomic E-state index is 12.9. The molecule has 0 aliphatic rings. The molecule has 6 heteroatoms. The van der Waals surface area contributed by atoms with Gasteiger partial charge in [0.2, 0.25) is 0 Å². The fraction of sp³-hybridized carbons (Fsp3) is 0.736. The summed E-state index contributed by atoms with van der Waals surface area (Å²) in [6.07, 6.45) is 88.5. The number of esters is 3. The Hall–Kier alpha value is -3.67. The lowest BCUT2D eigenvalue weighted by Crippen LogP contribution is -2.30. The molecule has 0 fully saturated rings. The van der Waals surface area contributed by atoms with Crippen LogP contribution in [0.3, 0.4) is 0 Å². The van der Waals surface area contributed by atoms with Crippen molar-refractivity contribution in [2.45, 2.75) is 329 Å². The van der Waals surface area contributed by atoms with E-state index < -0.39 is 6.10 Å². The third kappa shape index (κ3) is 63.2. The first kappa shape index (κ1) is 74.3. The van der Waals surface area contributed by atoms with Gasteiger partial charge in [0.25, 0.3) is 0 Å². The Morgan fingerprint density at radius 3 is 0.782 bits per heavy atom. The highest BCUT2D eigenvalue weighted by Gasteiger charge is 2.19. The fourth-order valence-electron chi connectivity index (χ4n) is 9.36. The summed E-state index contributed by atoms with van der Waals surface area (Å²) in [5.41, 5.74) is 0. The zero-order valence-corrected chi connectivity index (χ0v) is 51.4. The molecule has 0 aliphatic carbocycles. The van der Waals surface area contributed by atoms with Crippen molar-refractivity contribution < 1.29 is 28.6 Å². The van der Waals surface area contributed by atoms with Gasteiger partial charge in [-0.1, -0.05) is 298 Å². The van der Waals surface area contributed by atoms with Crippen LogP contribution in [0.15, 0.2) is 97.2 Å². The van der Waals surface area contributed by atoms with Gasteiger partial charge in [-0.05, 0) is 103 Å². The molecule has 0 aliphatic heterocycles. The van der Waals surface area contributed by atoms with E-state index in [9.17, 15) is 14.4 Å². The summed E-state index contributed by atoms with van der Waals surface area (Å²) < 4.78 is 16.9. The minimum Gasteiger partial charge on any atom is -0.462 e. The van der Waals surface area contributed by atoms with Gasteiger partial charge in [0.1, 0.15) is 13.2 Å². The van der Waals surface area contributed by atoms with E-state index in [2.05, 4.69) is 118 Å². The maximum Gasteiger partial charge on any atom is 0.306 e. The number of hydrogen-bond donors (Lipinski definition) is 0. The van der Waals surface area contributed by atoms with Crippen LogP contribution in [-0.2, 0) is 28.6 Å². The molecule has 0 heterocycles. The molecule has 0 radical (unpaired) electrons. The third-order valence-corrected chi connectivity index (χ3v) is 14.3. The largest absolute Gasteiger partial charge is 0.462 e. The van der Waals surface area contributed by atoms with Crippen molar-refractivity contribution in [2.24, 2.45) is 0 Å². The van der Waals surface area contributed by atoms with Crippen LogP contribution < -0.4 is 0 Å². The molecular weight excluding hydrogens is 961 g/mol. The van der Waals surface area contributed by atoms with Gasteiger partial charge >= 0.3 is 17.9 Å². The Bertz CT molecular complexity index is 1530. The van der Waals surface area contributed by atoms with E-state index in [0.717, 1.165) is 116 Å². The fourth-order valence-corrected chi connectivity index (χ4v) is 9.36. The minimum absolute atomic E-state index is 0.0799. The summed E-state index contributed by atoms with van der Waals surface area (Å²) in [4.78, 5) is 38.3. The van der Waals surface area contributed by atoms with Crippen molar-refractivity contribution >= 4 is 17.9 Å². The van der Waals surface area contributed by atoms with E-state index >= 15 is 0 Å². The predicted molar refractivity (Wildman–Crippen MR) is 339 cm³/mol. The van der Waals surface area contributed by atoms with Crippen molar-refractivity contribution in [1.82, 2.24) is 0 Å². The number of hydrogen-bond acceptors (Lipinski definition) is 6. The van der Waals surface area contributed by atoms with Crippen LogP contribution in [-0.4, -0.2) is 37.2 Å². The van der Waals surface area contributed by atoms with Gasteiger partial charge in [-0.25, -0.2) is 0 Å². The molecule has 0 N–H and O–H groups in total. The standard InChI is InChI=1S/C72H124O6/c1-4-7-10-13-16-19-22-24-26-28-30-32-34-36-38-40-42-44-46-48-50-53-56-59-62-65-71(74)77-68-69(67-76-70(73)64-61-58-55-52-21-18-15-12-9-6-3)78-72(75)66-63-60-57-54-51-49-47-45-43-41-39-37-35-33-31-29-27-25-23-20-17-14-11-8-5-2/h7,10,16,19,23-26,29-32,36,38,42,44,69H,4-6,8-9,11-15,17-18,20-22,27-28,33-35,37,39-41,43,45-68H2,1-3H3/b10-7-,19-16-,25-23-,26-24-,31-29-,32-30-,38-36-,44-42-. The number of ether oxygens (including phenoxy) is 3. The van der Waals surface area contributed by atoms with Gasteiger partial charge in [0.05, 0.1) is 0 Å². The van der Waals surface area contributed by atoms with E-state index in [4.69, 9.17) is 14.2 Å². The topological polar surface area (TPSA) is 78.9 Å². The van der Waals surface area contributed by atoms with Gasteiger partial charge in [0, 0.05) is 19.3 Å². The van der Waals surface area contributed by atoms with Crippen LogP contribution in [0.2, 0.25) is 0 Å². The zero-order chi connectivity index (χ0) is 56.4. The van der Waals surface area contributed by atoms with Crippen LogP contribution in [0, 0.1) is 0 Å². The number of allylic oxidation sites excluding steroid dienone is 16. The van der Waals surface area contributed by atoms with Gasteiger partial charge in [-0.3, -0.25) is 14.4 Å². The quantitative estimate of drug-likeness (QED) is 0.0261. The van der Waals surface area contributed by atoms with Gasteiger partial charge < -0.3 is 14.2 Å². The van der Waals surface area contributed by atoms with Gasteiger partial charge in [-0.15, -0.1) is 0 Å². The molecular formula is C72H124O6. The van der Waals surface area contributed by atoms with E-state index in [1.54, 1.807) is 0 Å². The number of carbonyl (C=O) groups excluding carboxylic acids is 3. The molecule has 0 aromatic heterocycles. The monoisotopic (exact) mass is 1080 g/mol. The molecule has 0 aromatic rings. The van der Waals surface area contributed by atoms with Crippen molar-refractivity contribution in [3.05, 3.63) is 97.2 Å². The molecule has 1 atom stereocenters. The maximum absolute atomic E-state index is 12.9. The summed E-state index contributed by atoms with van der Waals surface area (Å²) in [6, 6.07) is 0. The molecule has 6 nitrogen and oxygen atoms in total. The summed E-state index contributed by atoms with van der Waals surface area (Å²) in [5.74, 6) is -0.886. The Balaban J connectivity index is 4.27. The number of unbranched alkanes of at least 4 members (excludes halogenated alkanes) is 33. The van der Waals surface area contributed by atoms with Gasteiger partial charge in [-0.2, -0.15) is 0 Å². The summed E-state index contributed by atoms with van der Waals surface area (Å²) in [7, 11) is 0. The Morgan fingerprint density at radius 1 is 0.269 bits per heavy atom. The molecule has 0 saturated heterocycles. The normalized spacial score (nSPS) is 12.7. The van der Waals surface area contributed by atoms with Crippen LogP contribution in [0.4, 0.5) is 0 Å². The second-order valence-electron chi connectivity index (χ2n) is 22.0. The van der Waals surface area contributed by atoms with Gasteiger partial charge in [0.15, 0.2) is 6.10 Å². The molecule has 0 spiro atoms. The lowest BCUT2D eigenvalue weighted by Gasteiger charge is -2.18. The smallest absolute Gasteiger partial charge is 0.306 e. The molecule has 1 unspecified atom stereocenters. The highest BCUT2D eigenvalue weighted by molar-refractivity contribution is 5.71. The second kappa shape index (κ2) is 65.8. The van der Waals surface area contributed by atoms with Crippen LogP contribution in [0.5, 0.6) is 0 Å². The number of carbonyl (C=O) groups is 3. The Kier molecular flexibility index (Phi) is 62.7. The van der Waals surface area contributed by atoms with Crippen molar-refractivity contribution in [1.29, 1.82) is 0 Å². The van der Waals surface area contributed by atoms with Crippen LogP contribution in [0.1, 0.15) is 323 Å². The van der Waals surface area contributed by atoms with Crippen LogP contribution in [0.25, 0.3) is 0 Å². The molecule has 0 bridgehead atoms. The van der Waals surface area contributed by atoms with Crippen molar-refractivity contribution in [3.8, 4) is 0 Å². The highest BCUT2D eigenvalue weighted by Crippen LogP contribution is 2.16. The predicted octanol–water partition coefficient (Wildman–Crippen LogP) is 22.8. The Labute approximate surface area is 483 Å². The third-order valence-electron chi connectivity index (χ3n) is 14.3. The number of rotatable bonds is 60. The second-order valence-corrected chi connectivity index (χ2v) is 22.0. The van der Waals surface area contributed by atoms with Crippen molar-refractivity contribution in [2.75, 3.05) is 13.2 Å². The minimum atomic E-state index is -0.784. The molecule has 0 rings (SSSR count). The molecule has 0 aromatic carbocycles. The highest BCUT2D eigenvalue weighted by atomic mass is 16.6. The van der Waals surface area contributed by atoms with E-state index in [-0.39, 0.29) is 31.1 Å². The zero-order valence-electron chi connectivity index (χ0n) is 51.4. The average molecular weight is 1090 g/mol. The Morgan fingerprint density at radius 2 is 0.500 bits per heavy atom. The van der Waals surface area contributed by atoms with Crippen molar-refractivity contribution in [3.63, 3.8) is 0 Å². The van der Waals surface area contributed by atoms with E-state index in [1.807, 2.05) is 0 Å². The first-order chi connectivity index (χ1) is 38.5. The summed E-state index contributed by atoms with van der Waals surface area (Å²) in [5, 5.41) is 0. The van der Waals surface area contributed by atoms with E-state index in [1.165, 1.54) is 167 Å². The lowest BCUT2D eigenvalue weighted by atomic mass is 10.0.